The highest BCUT2D eigenvalue weighted by molar-refractivity contribution is 8.14. The molecule has 2 aromatic rings. The maximum absolute atomic E-state index is 4.90. The van der Waals surface area contributed by atoms with Crippen molar-refractivity contribution in [2.75, 3.05) is 18.8 Å². The summed E-state index contributed by atoms with van der Waals surface area (Å²) in [6, 6.07) is 8.33. The van der Waals surface area contributed by atoms with Crippen molar-refractivity contribution in [3.8, 4) is 5.69 Å². The first kappa shape index (κ1) is 15.2. The molecule has 5 nitrogen and oxygen atoms in total. The molecule has 0 aliphatic carbocycles. The fraction of sp³-hybridized carbons (Fsp3) is 0.278. The van der Waals surface area contributed by atoms with Crippen LogP contribution in [-0.4, -0.2) is 44.5 Å². The number of thioether (sulfide) groups is 1. The van der Waals surface area contributed by atoms with Crippen LogP contribution >= 0.6 is 11.8 Å². The molecule has 0 radical (unpaired) electrons. The van der Waals surface area contributed by atoms with Gasteiger partial charge in [-0.3, -0.25) is 4.99 Å². The van der Waals surface area contributed by atoms with Crippen LogP contribution in [0.3, 0.4) is 0 Å². The van der Waals surface area contributed by atoms with Crippen LogP contribution in [0, 0.1) is 6.92 Å². The summed E-state index contributed by atoms with van der Waals surface area (Å²) in [6.45, 7) is 7.71. The number of hydrogen-bond donors (Lipinski definition) is 0. The van der Waals surface area contributed by atoms with E-state index in [0.717, 1.165) is 53.3 Å². The number of aliphatic imine (C=N–C) groups is 2. The molecule has 2 aliphatic heterocycles. The number of aromatic nitrogens is 2. The van der Waals surface area contributed by atoms with Crippen LogP contribution in [-0.2, 0) is 0 Å². The summed E-state index contributed by atoms with van der Waals surface area (Å²) >= 11 is 1.69. The molecule has 1 aromatic heterocycles. The van der Waals surface area contributed by atoms with Crippen molar-refractivity contribution >= 4 is 28.6 Å². The van der Waals surface area contributed by atoms with Gasteiger partial charge in [-0.05, 0) is 25.5 Å². The van der Waals surface area contributed by atoms with E-state index < -0.39 is 0 Å². The zero-order valence-electron chi connectivity index (χ0n) is 13.6. The van der Waals surface area contributed by atoms with Crippen molar-refractivity contribution in [3.05, 3.63) is 54.2 Å². The molecule has 0 fully saturated rings. The minimum absolute atomic E-state index is 0.830. The van der Waals surface area contributed by atoms with Crippen LogP contribution in [0.5, 0.6) is 0 Å². The molecule has 4 rings (SSSR count). The number of fused-ring (bicyclic) bond motifs is 3. The van der Waals surface area contributed by atoms with E-state index in [9.17, 15) is 0 Å². The SMILES string of the molecule is C=CCSC1=Nc2c(cnn2-c2ccc(C)cc2)C2=NCCCN12. The van der Waals surface area contributed by atoms with E-state index >= 15 is 0 Å². The summed E-state index contributed by atoms with van der Waals surface area (Å²) in [5.74, 6) is 2.69. The molecule has 0 bridgehead atoms. The summed E-state index contributed by atoms with van der Waals surface area (Å²) in [5, 5.41) is 5.56. The summed E-state index contributed by atoms with van der Waals surface area (Å²) in [5.41, 5.74) is 3.26. The van der Waals surface area contributed by atoms with Crippen LogP contribution in [0.25, 0.3) is 5.69 Å². The molecule has 24 heavy (non-hydrogen) atoms. The summed E-state index contributed by atoms with van der Waals surface area (Å²) in [6.07, 6.45) is 4.84. The second kappa shape index (κ2) is 6.28. The van der Waals surface area contributed by atoms with Gasteiger partial charge in [0.05, 0.1) is 17.4 Å². The number of rotatable bonds is 3. The van der Waals surface area contributed by atoms with Crippen molar-refractivity contribution in [1.29, 1.82) is 0 Å². The van der Waals surface area contributed by atoms with E-state index in [1.165, 1.54) is 5.56 Å². The Labute approximate surface area is 145 Å². The topological polar surface area (TPSA) is 45.8 Å². The lowest BCUT2D eigenvalue weighted by Crippen LogP contribution is -2.41. The third-order valence-electron chi connectivity index (χ3n) is 4.08. The predicted octanol–water partition coefficient (Wildman–Crippen LogP) is 3.55. The Morgan fingerprint density at radius 3 is 2.92 bits per heavy atom. The minimum atomic E-state index is 0.830. The number of aryl methyl sites for hydroxylation is 1. The lowest BCUT2D eigenvalue weighted by molar-refractivity contribution is 0.554. The number of hydrogen-bond acceptors (Lipinski definition) is 5. The van der Waals surface area contributed by atoms with Crippen LogP contribution in [0.2, 0.25) is 0 Å². The second-order valence-corrected chi connectivity index (χ2v) is 6.82. The van der Waals surface area contributed by atoms with E-state index in [2.05, 4.69) is 47.8 Å². The van der Waals surface area contributed by atoms with E-state index in [4.69, 9.17) is 9.98 Å². The van der Waals surface area contributed by atoms with Crippen LogP contribution in [0.15, 0.2) is 53.1 Å². The van der Waals surface area contributed by atoms with Crippen molar-refractivity contribution < 1.29 is 0 Å². The van der Waals surface area contributed by atoms with Gasteiger partial charge in [-0.2, -0.15) is 5.10 Å². The smallest absolute Gasteiger partial charge is 0.172 e. The first-order chi connectivity index (χ1) is 11.8. The molecule has 2 aliphatic rings. The molecule has 122 valence electrons. The molecular formula is C18H19N5S. The van der Waals surface area contributed by atoms with Gasteiger partial charge in [0.1, 0.15) is 5.84 Å². The predicted molar refractivity (Wildman–Crippen MR) is 101 cm³/mol. The Hall–Kier alpha value is -2.34. The Balaban J connectivity index is 1.82. The molecule has 6 heteroatoms. The van der Waals surface area contributed by atoms with Crippen molar-refractivity contribution in [1.82, 2.24) is 14.7 Å². The van der Waals surface area contributed by atoms with Gasteiger partial charge >= 0.3 is 0 Å². The van der Waals surface area contributed by atoms with Crippen LogP contribution in [0.1, 0.15) is 17.5 Å². The summed E-state index contributed by atoms with van der Waals surface area (Å²) in [7, 11) is 0. The average Bonchev–Trinajstić information content (AvgIpc) is 3.04. The number of nitrogens with zero attached hydrogens (tertiary/aromatic N) is 5. The van der Waals surface area contributed by atoms with E-state index in [1.54, 1.807) is 11.8 Å². The minimum Gasteiger partial charge on any atom is -0.305 e. The molecule has 0 amide bonds. The Kier molecular flexibility index (Phi) is 3.98. The maximum Gasteiger partial charge on any atom is 0.172 e. The van der Waals surface area contributed by atoms with Gasteiger partial charge in [-0.25, -0.2) is 9.67 Å². The van der Waals surface area contributed by atoms with Gasteiger partial charge in [0.25, 0.3) is 0 Å². The first-order valence-corrected chi connectivity index (χ1v) is 9.06. The fourth-order valence-electron chi connectivity index (χ4n) is 2.90. The monoisotopic (exact) mass is 337 g/mol. The van der Waals surface area contributed by atoms with Gasteiger partial charge in [-0.1, -0.05) is 35.5 Å². The molecule has 0 saturated carbocycles. The third kappa shape index (κ3) is 2.57. The number of amidine groups is 2. The Bertz CT molecular complexity index is 832. The van der Waals surface area contributed by atoms with E-state index in [0.29, 0.717) is 0 Å². The van der Waals surface area contributed by atoms with E-state index in [1.807, 2.05) is 17.0 Å². The molecule has 0 spiro atoms. The van der Waals surface area contributed by atoms with Crippen molar-refractivity contribution in [2.24, 2.45) is 9.98 Å². The number of benzene rings is 1. The van der Waals surface area contributed by atoms with Crippen LogP contribution < -0.4 is 0 Å². The van der Waals surface area contributed by atoms with E-state index in [-0.39, 0.29) is 0 Å². The molecule has 0 atom stereocenters. The Morgan fingerprint density at radius 1 is 1.29 bits per heavy atom. The Morgan fingerprint density at radius 2 is 2.12 bits per heavy atom. The highest BCUT2D eigenvalue weighted by Crippen LogP contribution is 2.33. The van der Waals surface area contributed by atoms with Gasteiger partial charge in [0.15, 0.2) is 11.0 Å². The molecule has 3 heterocycles. The second-order valence-electron chi connectivity index (χ2n) is 5.83. The largest absolute Gasteiger partial charge is 0.305 e. The lowest BCUT2D eigenvalue weighted by atomic mass is 10.2. The van der Waals surface area contributed by atoms with Gasteiger partial charge < -0.3 is 4.90 Å². The fourth-order valence-corrected chi connectivity index (χ4v) is 3.65. The van der Waals surface area contributed by atoms with Gasteiger partial charge in [0, 0.05) is 18.8 Å². The molecule has 0 saturated heterocycles. The van der Waals surface area contributed by atoms with Crippen LogP contribution in [0.4, 0.5) is 5.82 Å². The van der Waals surface area contributed by atoms with Crippen molar-refractivity contribution in [2.45, 2.75) is 13.3 Å². The van der Waals surface area contributed by atoms with Gasteiger partial charge in [-0.15, -0.1) is 6.58 Å². The first-order valence-electron chi connectivity index (χ1n) is 8.08. The lowest BCUT2D eigenvalue weighted by Gasteiger charge is -2.32. The molecular weight excluding hydrogens is 318 g/mol. The normalized spacial score (nSPS) is 16.1. The van der Waals surface area contributed by atoms with Gasteiger partial charge in [0.2, 0.25) is 0 Å². The quantitative estimate of drug-likeness (QED) is 0.805. The highest BCUT2D eigenvalue weighted by Gasteiger charge is 2.31. The molecule has 0 unspecified atom stereocenters. The summed E-state index contributed by atoms with van der Waals surface area (Å²) in [4.78, 5) is 11.9. The molecule has 0 N–H and O–H groups in total. The van der Waals surface area contributed by atoms with Crippen molar-refractivity contribution in [3.63, 3.8) is 0 Å². The average molecular weight is 337 g/mol. The zero-order valence-corrected chi connectivity index (χ0v) is 14.5. The standard InChI is InChI=1S/C18H19N5S/c1-3-11-24-18-21-17-15(16-19-9-4-10-22(16)18)12-20-23(17)14-7-5-13(2)6-8-14/h3,5-8,12H,1,4,9-11H2,2H3. The molecule has 1 aromatic carbocycles. The highest BCUT2D eigenvalue weighted by atomic mass is 32.2. The maximum atomic E-state index is 4.90. The zero-order chi connectivity index (χ0) is 16.5. The summed E-state index contributed by atoms with van der Waals surface area (Å²) < 4.78 is 1.90. The third-order valence-corrected chi connectivity index (χ3v) is 5.06.